The van der Waals surface area contributed by atoms with E-state index in [-0.39, 0.29) is 29.7 Å². The van der Waals surface area contributed by atoms with Crippen molar-refractivity contribution in [3.63, 3.8) is 0 Å². The molecule has 0 saturated heterocycles. The molecule has 1 aliphatic carbocycles. The molecule has 1 aromatic heterocycles. The first-order chi connectivity index (χ1) is 11.9. The fraction of sp³-hybridized carbons (Fsp3) is 0.647. The molecule has 1 aliphatic rings. The van der Waals surface area contributed by atoms with Gasteiger partial charge in [-0.05, 0) is 18.3 Å². The normalized spacial score (nSPS) is 23.1. The maximum Gasteiger partial charge on any atom is 0.311 e. The van der Waals surface area contributed by atoms with Gasteiger partial charge in [0, 0.05) is 12.1 Å². The van der Waals surface area contributed by atoms with Crippen LogP contribution in [0.1, 0.15) is 38.8 Å². The van der Waals surface area contributed by atoms with Crippen molar-refractivity contribution in [2.24, 2.45) is 11.8 Å². The summed E-state index contributed by atoms with van der Waals surface area (Å²) in [5, 5.41) is 3.41. The molecule has 0 unspecified atom stereocenters. The molecule has 0 bridgehead atoms. The number of rotatable bonds is 6. The summed E-state index contributed by atoms with van der Waals surface area (Å²) in [4.78, 5) is 41.9. The predicted molar refractivity (Wildman–Crippen MR) is 95.4 cm³/mol. The highest BCUT2D eigenvalue weighted by atomic mass is 32.2. The summed E-state index contributed by atoms with van der Waals surface area (Å²) in [6.07, 6.45) is 3.28. The first-order valence-electron chi connectivity index (χ1n) is 8.48. The number of amides is 1. The van der Waals surface area contributed by atoms with E-state index in [0.717, 1.165) is 24.6 Å². The maximum atomic E-state index is 12.2. The number of hydrogen-bond acceptors (Lipinski definition) is 6. The van der Waals surface area contributed by atoms with Crippen molar-refractivity contribution in [2.75, 3.05) is 12.9 Å². The van der Waals surface area contributed by atoms with Gasteiger partial charge in [0.25, 0.3) is 5.56 Å². The second-order valence-electron chi connectivity index (χ2n) is 6.52. The van der Waals surface area contributed by atoms with Crippen LogP contribution in [0.15, 0.2) is 16.0 Å². The molecule has 138 valence electrons. The standard InChI is InChI=1S/C17H25N3O4S/c1-10-5-4-6-13(11(10)2)19-15(22)9-25-17-18-12(7-14(21)20-17)8-16(23)24-3/h7,10-11,13H,4-6,8-9H2,1-3H3,(H,19,22)(H,18,20,21)/t10-,11+,13-/m1/s1. The first kappa shape index (κ1) is 19.5. The molecular weight excluding hydrogens is 342 g/mol. The highest BCUT2D eigenvalue weighted by Crippen LogP contribution is 2.29. The Morgan fingerprint density at radius 1 is 1.40 bits per heavy atom. The number of nitrogens with one attached hydrogen (secondary N) is 2. The molecular formula is C17H25N3O4S. The van der Waals surface area contributed by atoms with Gasteiger partial charge in [-0.2, -0.15) is 0 Å². The summed E-state index contributed by atoms with van der Waals surface area (Å²) in [5.74, 6) is 0.704. The van der Waals surface area contributed by atoms with E-state index < -0.39 is 5.97 Å². The highest BCUT2D eigenvalue weighted by molar-refractivity contribution is 7.99. The van der Waals surface area contributed by atoms with Crippen LogP contribution in [0.25, 0.3) is 0 Å². The van der Waals surface area contributed by atoms with Gasteiger partial charge >= 0.3 is 5.97 Å². The van der Waals surface area contributed by atoms with Crippen LogP contribution in [0.5, 0.6) is 0 Å². The van der Waals surface area contributed by atoms with E-state index in [4.69, 9.17) is 0 Å². The van der Waals surface area contributed by atoms with Crippen molar-refractivity contribution in [1.29, 1.82) is 0 Å². The van der Waals surface area contributed by atoms with Gasteiger partial charge in [0.05, 0.1) is 25.0 Å². The number of ether oxygens (including phenoxy) is 1. The smallest absolute Gasteiger partial charge is 0.311 e. The number of thioether (sulfide) groups is 1. The Hall–Kier alpha value is -1.83. The van der Waals surface area contributed by atoms with Gasteiger partial charge in [-0.3, -0.25) is 14.4 Å². The van der Waals surface area contributed by atoms with E-state index in [1.807, 2.05) is 0 Å². The zero-order chi connectivity index (χ0) is 18.4. The van der Waals surface area contributed by atoms with Crippen LogP contribution in [-0.2, 0) is 20.7 Å². The molecule has 0 spiro atoms. The Morgan fingerprint density at radius 3 is 2.88 bits per heavy atom. The minimum absolute atomic E-state index is 0.0718. The number of nitrogens with zero attached hydrogens (tertiary/aromatic N) is 1. The minimum Gasteiger partial charge on any atom is -0.469 e. The van der Waals surface area contributed by atoms with Crippen molar-refractivity contribution in [3.8, 4) is 0 Å². The number of hydrogen-bond donors (Lipinski definition) is 2. The molecule has 0 aliphatic heterocycles. The number of carbonyl (C=O) groups is 2. The van der Waals surface area contributed by atoms with Crippen LogP contribution in [0.4, 0.5) is 0 Å². The van der Waals surface area contributed by atoms with Gasteiger partial charge in [-0.1, -0.05) is 38.5 Å². The Morgan fingerprint density at radius 2 is 2.16 bits per heavy atom. The Bertz CT molecular complexity index is 676. The van der Waals surface area contributed by atoms with Gasteiger partial charge in [0.1, 0.15) is 0 Å². The SMILES string of the molecule is COC(=O)Cc1cc(=O)[nH]c(SCC(=O)N[C@@H]2CCC[C@@H](C)[C@@H]2C)n1. The lowest BCUT2D eigenvalue weighted by molar-refractivity contribution is -0.139. The molecule has 0 aromatic carbocycles. The summed E-state index contributed by atoms with van der Waals surface area (Å²) in [6, 6.07) is 1.46. The van der Waals surface area contributed by atoms with E-state index >= 15 is 0 Å². The number of aromatic nitrogens is 2. The first-order valence-corrected chi connectivity index (χ1v) is 9.46. The fourth-order valence-electron chi connectivity index (χ4n) is 3.03. The molecule has 2 N–H and O–H groups in total. The Labute approximate surface area is 151 Å². The predicted octanol–water partition coefficient (Wildman–Crippen LogP) is 1.52. The van der Waals surface area contributed by atoms with E-state index in [1.54, 1.807) is 0 Å². The van der Waals surface area contributed by atoms with Crippen LogP contribution in [0, 0.1) is 11.8 Å². The third kappa shape index (κ3) is 5.88. The van der Waals surface area contributed by atoms with Crippen LogP contribution in [0.2, 0.25) is 0 Å². The van der Waals surface area contributed by atoms with Crippen LogP contribution in [0.3, 0.4) is 0 Å². The topological polar surface area (TPSA) is 101 Å². The average Bonchev–Trinajstić information content (AvgIpc) is 2.56. The van der Waals surface area contributed by atoms with Crippen LogP contribution in [-0.4, -0.2) is 40.7 Å². The molecule has 1 amide bonds. The molecule has 7 nitrogen and oxygen atoms in total. The third-order valence-corrected chi connectivity index (χ3v) is 5.59. The molecule has 1 saturated carbocycles. The summed E-state index contributed by atoms with van der Waals surface area (Å²) < 4.78 is 4.57. The second kappa shape index (κ2) is 9.03. The second-order valence-corrected chi connectivity index (χ2v) is 7.49. The lowest BCUT2D eigenvalue weighted by Gasteiger charge is -2.34. The number of H-pyrrole nitrogens is 1. The molecule has 3 atom stereocenters. The molecule has 25 heavy (non-hydrogen) atoms. The lowest BCUT2D eigenvalue weighted by atomic mass is 9.78. The average molecular weight is 367 g/mol. The third-order valence-electron chi connectivity index (χ3n) is 4.72. The molecule has 1 aromatic rings. The molecule has 1 fully saturated rings. The largest absolute Gasteiger partial charge is 0.469 e. The molecule has 0 radical (unpaired) electrons. The number of methoxy groups -OCH3 is 1. The fourth-order valence-corrected chi connectivity index (χ4v) is 3.74. The molecule has 1 heterocycles. The highest BCUT2D eigenvalue weighted by Gasteiger charge is 2.28. The van der Waals surface area contributed by atoms with Crippen molar-refractivity contribution >= 4 is 23.6 Å². The zero-order valence-electron chi connectivity index (χ0n) is 14.8. The van der Waals surface area contributed by atoms with Crippen LogP contribution >= 0.6 is 11.8 Å². The van der Waals surface area contributed by atoms with Gasteiger partial charge in [-0.25, -0.2) is 4.98 Å². The van der Waals surface area contributed by atoms with E-state index in [0.29, 0.717) is 22.7 Å². The van der Waals surface area contributed by atoms with E-state index in [9.17, 15) is 14.4 Å². The van der Waals surface area contributed by atoms with Gasteiger partial charge in [0.2, 0.25) is 5.91 Å². The number of carbonyl (C=O) groups excluding carboxylic acids is 2. The number of aromatic amines is 1. The van der Waals surface area contributed by atoms with Crippen molar-refractivity contribution in [3.05, 3.63) is 22.1 Å². The van der Waals surface area contributed by atoms with Crippen molar-refractivity contribution in [2.45, 2.75) is 50.7 Å². The van der Waals surface area contributed by atoms with E-state index in [2.05, 4.69) is 33.9 Å². The summed E-state index contributed by atoms with van der Waals surface area (Å²) in [7, 11) is 1.28. The van der Waals surface area contributed by atoms with Crippen LogP contribution < -0.4 is 10.9 Å². The van der Waals surface area contributed by atoms with Gasteiger partial charge in [0.15, 0.2) is 5.16 Å². The monoisotopic (exact) mass is 367 g/mol. The van der Waals surface area contributed by atoms with Crippen molar-refractivity contribution in [1.82, 2.24) is 15.3 Å². The van der Waals surface area contributed by atoms with Gasteiger partial charge in [-0.15, -0.1) is 0 Å². The minimum atomic E-state index is -0.466. The molecule has 8 heteroatoms. The van der Waals surface area contributed by atoms with E-state index in [1.165, 1.54) is 19.6 Å². The maximum absolute atomic E-state index is 12.2. The lowest BCUT2D eigenvalue weighted by Crippen LogP contribution is -2.44. The Kier molecular flexibility index (Phi) is 7.04. The summed E-state index contributed by atoms with van der Waals surface area (Å²) >= 11 is 1.15. The quantitative estimate of drug-likeness (QED) is 0.449. The van der Waals surface area contributed by atoms with Gasteiger partial charge < -0.3 is 15.0 Å². The summed E-state index contributed by atoms with van der Waals surface area (Å²) in [6.45, 7) is 4.40. The van der Waals surface area contributed by atoms with Crippen molar-refractivity contribution < 1.29 is 14.3 Å². The number of esters is 1. The molecule has 2 rings (SSSR count). The zero-order valence-corrected chi connectivity index (χ0v) is 15.6. The Balaban J connectivity index is 1.91. The summed E-state index contributed by atoms with van der Waals surface area (Å²) in [5.41, 5.74) is -0.0280.